The van der Waals surface area contributed by atoms with Crippen molar-refractivity contribution in [1.29, 1.82) is 0 Å². The van der Waals surface area contributed by atoms with Crippen LogP contribution in [-0.2, 0) is 4.79 Å². The first-order valence-electron chi connectivity index (χ1n) is 8.09. The normalized spacial score (nSPS) is 17.4. The van der Waals surface area contributed by atoms with E-state index in [2.05, 4.69) is 15.2 Å². The molecule has 21 heavy (non-hydrogen) atoms. The van der Waals surface area contributed by atoms with Gasteiger partial charge in [-0.15, -0.1) is 0 Å². The Bertz CT molecular complexity index is 438. The van der Waals surface area contributed by atoms with E-state index in [0.29, 0.717) is 6.42 Å². The van der Waals surface area contributed by atoms with Crippen molar-refractivity contribution in [2.24, 2.45) is 0 Å². The van der Waals surface area contributed by atoms with E-state index in [1.54, 1.807) is 0 Å². The molecule has 1 aromatic rings. The van der Waals surface area contributed by atoms with Gasteiger partial charge in [0.1, 0.15) is 0 Å². The molecule has 4 nitrogen and oxygen atoms in total. The fourth-order valence-electron chi connectivity index (χ4n) is 2.78. The largest absolute Gasteiger partial charge is 0.350 e. The molecule has 1 aliphatic heterocycles. The van der Waals surface area contributed by atoms with Gasteiger partial charge in [0.05, 0.1) is 6.04 Å². The van der Waals surface area contributed by atoms with E-state index in [0.717, 1.165) is 24.2 Å². The van der Waals surface area contributed by atoms with Crippen LogP contribution in [0.3, 0.4) is 0 Å². The number of rotatable bonds is 6. The first-order valence-corrected chi connectivity index (χ1v) is 8.09. The minimum absolute atomic E-state index is 0.0283. The topological polar surface area (TPSA) is 45.2 Å². The molecule has 0 spiro atoms. The standard InChI is InChI=1S/C17H27N3O/c1-14-8-9-16(13-18-14)15(2)19-17(21)7-6-12-20-10-4-3-5-11-20/h8-9,13,15H,3-7,10-12H2,1-2H3,(H,19,21)/t15-/m0/s1. The van der Waals surface area contributed by atoms with Gasteiger partial charge in [-0.3, -0.25) is 9.78 Å². The smallest absolute Gasteiger partial charge is 0.220 e. The van der Waals surface area contributed by atoms with Gasteiger partial charge in [0.15, 0.2) is 0 Å². The van der Waals surface area contributed by atoms with Crippen molar-refractivity contribution in [2.45, 2.75) is 52.0 Å². The summed E-state index contributed by atoms with van der Waals surface area (Å²) in [6.45, 7) is 7.43. The number of amides is 1. The number of hydrogen-bond acceptors (Lipinski definition) is 3. The Balaban J connectivity index is 1.67. The second-order valence-electron chi connectivity index (χ2n) is 6.03. The Morgan fingerprint density at radius 2 is 2.10 bits per heavy atom. The number of nitrogens with one attached hydrogen (secondary N) is 1. The molecule has 1 saturated heterocycles. The molecule has 1 N–H and O–H groups in total. The number of pyridine rings is 1. The Labute approximate surface area is 127 Å². The molecule has 0 unspecified atom stereocenters. The monoisotopic (exact) mass is 289 g/mol. The van der Waals surface area contributed by atoms with E-state index in [9.17, 15) is 4.79 Å². The molecule has 0 radical (unpaired) electrons. The molecule has 2 heterocycles. The van der Waals surface area contributed by atoms with Gasteiger partial charge in [-0.25, -0.2) is 0 Å². The van der Waals surface area contributed by atoms with Crippen molar-refractivity contribution in [2.75, 3.05) is 19.6 Å². The summed E-state index contributed by atoms with van der Waals surface area (Å²) < 4.78 is 0. The summed E-state index contributed by atoms with van der Waals surface area (Å²) in [6, 6.07) is 4.04. The van der Waals surface area contributed by atoms with Gasteiger partial charge in [0, 0.05) is 18.3 Å². The highest BCUT2D eigenvalue weighted by Crippen LogP contribution is 2.12. The Morgan fingerprint density at radius 3 is 2.76 bits per heavy atom. The fraction of sp³-hybridized carbons (Fsp3) is 0.647. The van der Waals surface area contributed by atoms with Crippen LogP contribution in [0.2, 0.25) is 0 Å². The van der Waals surface area contributed by atoms with Crippen LogP contribution in [0.4, 0.5) is 0 Å². The number of carbonyl (C=O) groups excluding carboxylic acids is 1. The number of carbonyl (C=O) groups is 1. The van der Waals surface area contributed by atoms with Crippen LogP contribution in [0.15, 0.2) is 18.3 Å². The van der Waals surface area contributed by atoms with Gasteiger partial charge >= 0.3 is 0 Å². The van der Waals surface area contributed by atoms with Crippen molar-refractivity contribution >= 4 is 5.91 Å². The Kier molecular flexibility index (Phi) is 6.18. The lowest BCUT2D eigenvalue weighted by Gasteiger charge is -2.26. The first-order chi connectivity index (χ1) is 10.1. The highest BCUT2D eigenvalue weighted by molar-refractivity contribution is 5.76. The third-order valence-corrected chi connectivity index (χ3v) is 4.14. The van der Waals surface area contributed by atoms with Gasteiger partial charge < -0.3 is 10.2 Å². The number of aromatic nitrogens is 1. The van der Waals surface area contributed by atoms with E-state index < -0.39 is 0 Å². The second-order valence-corrected chi connectivity index (χ2v) is 6.03. The highest BCUT2D eigenvalue weighted by atomic mass is 16.1. The molecule has 116 valence electrons. The molecule has 4 heteroatoms. The van der Waals surface area contributed by atoms with E-state index in [-0.39, 0.29) is 11.9 Å². The summed E-state index contributed by atoms with van der Waals surface area (Å²) in [5.41, 5.74) is 2.06. The molecular formula is C17H27N3O. The van der Waals surface area contributed by atoms with E-state index in [1.165, 1.54) is 32.4 Å². The molecule has 1 fully saturated rings. The third kappa shape index (κ3) is 5.46. The fourth-order valence-corrected chi connectivity index (χ4v) is 2.78. The van der Waals surface area contributed by atoms with Crippen LogP contribution in [0.1, 0.15) is 56.3 Å². The zero-order valence-electron chi connectivity index (χ0n) is 13.3. The second kappa shape index (κ2) is 8.13. The highest BCUT2D eigenvalue weighted by Gasteiger charge is 2.12. The summed E-state index contributed by atoms with van der Waals surface area (Å²) in [7, 11) is 0. The van der Waals surface area contributed by atoms with E-state index in [4.69, 9.17) is 0 Å². The first kappa shape index (κ1) is 16.0. The molecule has 0 aromatic carbocycles. The molecule has 1 atom stereocenters. The average molecular weight is 289 g/mol. The molecule has 1 aliphatic rings. The molecule has 1 amide bonds. The Hall–Kier alpha value is -1.42. The molecule has 1 aromatic heterocycles. The summed E-state index contributed by atoms with van der Waals surface area (Å²) in [4.78, 5) is 18.7. The summed E-state index contributed by atoms with van der Waals surface area (Å²) in [5.74, 6) is 0.139. The van der Waals surface area contributed by atoms with Crippen molar-refractivity contribution in [3.05, 3.63) is 29.6 Å². The van der Waals surface area contributed by atoms with Crippen LogP contribution in [0.5, 0.6) is 0 Å². The quantitative estimate of drug-likeness (QED) is 0.876. The zero-order chi connectivity index (χ0) is 15.1. The number of nitrogens with zero attached hydrogens (tertiary/aromatic N) is 2. The van der Waals surface area contributed by atoms with Crippen molar-refractivity contribution in [3.8, 4) is 0 Å². The summed E-state index contributed by atoms with van der Waals surface area (Å²) in [5, 5.41) is 3.06. The van der Waals surface area contributed by atoms with Crippen LogP contribution in [0, 0.1) is 6.92 Å². The number of aryl methyl sites for hydroxylation is 1. The maximum absolute atomic E-state index is 12.0. The average Bonchev–Trinajstić information content (AvgIpc) is 2.49. The lowest BCUT2D eigenvalue weighted by atomic mass is 10.1. The molecule has 0 aliphatic carbocycles. The minimum atomic E-state index is 0.0283. The lowest BCUT2D eigenvalue weighted by Crippen LogP contribution is -2.32. The molecule has 0 saturated carbocycles. The van der Waals surface area contributed by atoms with Crippen LogP contribution >= 0.6 is 0 Å². The molecule has 2 rings (SSSR count). The SMILES string of the molecule is Cc1ccc([C@H](C)NC(=O)CCCN2CCCCC2)cn1. The molecular weight excluding hydrogens is 262 g/mol. The number of hydrogen-bond donors (Lipinski definition) is 1. The minimum Gasteiger partial charge on any atom is -0.350 e. The predicted octanol–water partition coefficient (Wildman–Crippen LogP) is 2.83. The lowest BCUT2D eigenvalue weighted by molar-refractivity contribution is -0.121. The summed E-state index contributed by atoms with van der Waals surface area (Å²) in [6.07, 6.45) is 7.38. The van der Waals surface area contributed by atoms with E-state index >= 15 is 0 Å². The van der Waals surface area contributed by atoms with Crippen molar-refractivity contribution in [3.63, 3.8) is 0 Å². The Morgan fingerprint density at radius 1 is 1.33 bits per heavy atom. The maximum Gasteiger partial charge on any atom is 0.220 e. The van der Waals surface area contributed by atoms with Crippen molar-refractivity contribution in [1.82, 2.24) is 15.2 Å². The van der Waals surface area contributed by atoms with Gasteiger partial charge in [0.25, 0.3) is 0 Å². The summed E-state index contributed by atoms with van der Waals surface area (Å²) >= 11 is 0. The molecule has 0 bridgehead atoms. The number of piperidine rings is 1. The predicted molar refractivity (Wildman–Crippen MR) is 85.1 cm³/mol. The zero-order valence-corrected chi connectivity index (χ0v) is 13.3. The maximum atomic E-state index is 12.0. The van der Waals surface area contributed by atoms with Gasteiger partial charge in [-0.05, 0) is 64.4 Å². The van der Waals surface area contributed by atoms with Crippen molar-refractivity contribution < 1.29 is 4.79 Å². The van der Waals surface area contributed by atoms with Crippen LogP contribution < -0.4 is 5.32 Å². The van der Waals surface area contributed by atoms with E-state index in [1.807, 2.05) is 32.2 Å². The third-order valence-electron chi connectivity index (χ3n) is 4.14. The van der Waals surface area contributed by atoms with Gasteiger partial charge in [0.2, 0.25) is 5.91 Å². The van der Waals surface area contributed by atoms with Crippen LogP contribution in [-0.4, -0.2) is 35.4 Å². The van der Waals surface area contributed by atoms with Gasteiger partial charge in [-0.1, -0.05) is 12.5 Å². The number of likely N-dealkylation sites (tertiary alicyclic amines) is 1. The van der Waals surface area contributed by atoms with Gasteiger partial charge in [-0.2, -0.15) is 0 Å². The van der Waals surface area contributed by atoms with Crippen LogP contribution in [0.25, 0.3) is 0 Å².